The number of amides is 1. The second-order valence-electron chi connectivity index (χ2n) is 7.78. The number of hydrogen-bond donors (Lipinski definition) is 2. The van der Waals surface area contributed by atoms with Crippen LogP contribution in [0.2, 0.25) is 5.02 Å². The highest BCUT2D eigenvalue weighted by molar-refractivity contribution is 7.99. The minimum Gasteiger partial charge on any atom is -0.489 e. The van der Waals surface area contributed by atoms with Crippen molar-refractivity contribution in [3.63, 3.8) is 0 Å². The van der Waals surface area contributed by atoms with Gasteiger partial charge >= 0.3 is 0 Å². The van der Waals surface area contributed by atoms with Crippen molar-refractivity contribution in [3.05, 3.63) is 76.0 Å². The van der Waals surface area contributed by atoms with Crippen molar-refractivity contribution in [1.82, 2.24) is 14.8 Å². The smallest absolute Gasteiger partial charge is 0.248 e. The fourth-order valence-electron chi connectivity index (χ4n) is 3.67. The molecule has 0 fully saturated rings. The molecule has 0 saturated heterocycles. The highest BCUT2D eigenvalue weighted by atomic mass is 35.5. The first kappa shape index (κ1) is 23.2. The van der Waals surface area contributed by atoms with Crippen molar-refractivity contribution in [2.45, 2.75) is 44.5 Å². The van der Waals surface area contributed by atoms with Crippen LogP contribution in [-0.4, -0.2) is 26.4 Å². The van der Waals surface area contributed by atoms with E-state index in [1.165, 1.54) is 0 Å². The Kier molecular flexibility index (Phi) is 7.25. The van der Waals surface area contributed by atoms with E-state index in [1.807, 2.05) is 55.5 Å². The number of anilines is 1. The first-order valence-corrected chi connectivity index (χ1v) is 12.2. The van der Waals surface area contributed by atoms with Crippen LogP contribution in [0.4, 0.5) is 5.95 Å². The number of rotatable bonds is 9. The molecule has 1 aliphatic rings. The molecule has 0 aliphatic carbocycles. The summed E-state index contributed by atoms with van der Waals surface area (Å²) in [4.78, 5) is 17.0. The third-order valence-corrected chi connectivity index (χ3v) is 6.48. The number of unbranched alkanes of at least 4 members (excludes halogenated alkanes) is 1. The normalized spacial score (nSPS) is 15.2. The van der Waals surface area contributed by atoms with Crippen molar-refractivity contribution < 1.29 is 9.53 Å². The molecule has 0 radical (unpaired) electrons. The number of aromatic nitrogens is 3. The summed E-state index contributed by atoms with van der Waals surface area (Å²) >= 11 is 7.65. The summed E-state index contributed by atoms with van der Waals surface area (Å²) < 4.78 is 7.64. The van der Waals surface area contributed by atoms with Crippen LogP contribution in [-0.2, 0) is 11.4 Å². The molecule has 172 valence electrons. The number of hydrogen-bond acceptors (Lipinski definition) is 6. The van der Waals surface area contributed by atoms with Crippen molar-refractivity contribution in [2.75, 3.05) is 11.1 Å². The number of carbonyl (C=O) groups excluding carboxylic acids is 1. The van der Waals surface area contributed by atoms with Crippen LogP contribution in [0.15, 0.2) is 65.0 Å². The van der Waals surface area contributed by atoms with Crippen LogP contribution in [0.25, 0.3) is 0 Å². The van der Waals surface area contributed by atoms with E-state index in [2.05, 4.69) is 22.3 Å². The van der Waals surface area contributed by atoms with Gasteiger partial charge in [-0.25, -0.2) is 4.68 Å². The molecule has 3 N–H and O–H groups in total. The molecular weight excluding hydrogens is 458 g/mol. The Hall–Kier alpha value is -2.97. The van der Waals surface area contributed by atoms with Crippen LogP contribution in [0.3, 0.4) is 0 Å². The van der Waals surface area contributed by atoms with E-state index < -0.39 is 11.9 Å². The molecule has 1 aromatic heterocycles. The molecule has 2 aromatic carbocycles. The van der Waals surface area contributed by atoms with E-state index in [-0.39, 0.29) is 0 Å². The standard InChI is InChI=1S/C24H26ClN5O2S/c1-3-4-12-33-24-28-23-27-15(2)20(22(26)31)21(30(23)29-24)17-8-10-19(11-9-17)32-14-16-6-5-7-18(25)13-16/h5-11,13,21H,3-4,12,14H2,1-2H3,(H2,26,31)(H,27,28,29). The van der Waals surface area contributed by atoms with Gasteiger partial charge in [-0.3, -0.25) is 4.79 Å². The molecule has 4 rings (SSSR count). The van der Waals surface area contributed by atoms with E-state index in [4.69, 9.17) is 22.1 Å². The Morgan fingerprint density at radius 3 is 2.76 bits per heavy atom. The summed E-state index contributed by atoms with van der Waals surface area (Å²) in [7, 11) is 0. The van der Waals surface area contributed by atoms with E-state index >= 15 is 0 Å². The quantitative estimate of drug-likeness (QED) is 0.322. The highest BCUT2D eigenvalue weighted by Crippen LogP contribution is 2.36. The van der Waals surface area contributed by atoms with Gasteiger partial charge in [-0.15, -0.1) is 5.10 Å². The van der Waals surface area contributed by atoms with Gasteiger partial charge in [0.1, 0.15) is 18.4 Å². The van der Waals surface area contributed by atoms with Gasteiger partial charge in [0.15, 0.2) is 0 Å². The molecule has 7 nitrogen and oxygen atoms in total. The molecular formula is C24H26ClN5O2S. The molecule has 0 spiro atoms. The lowest BCUT2D eigenvalue weighted by molar-refractivity contribution is -0.115. The Bertz CT molecular complexity index is 1180. The minimum atomic E-state index is -0.493. The lowest BCUT2D eigenvalue weighted by Gasteiger charge is -2.27. The molecule has 2 heterocycles. The number of thioether (sulfide) groups is 1. The van der Waals surface area contributed by atoms with E-state index in [9.17, 15) is 4.79 Å². The molecule has 0 saturated carbocycles. The summed E-state index contributed by atoms with van der Waals surface area (Å²) in [5, 5.41) is 9.20. The third-order valence-electron chi connectivity index (χ3n) is 5.32. The number of halogens is 1. The van der Waals surface area contributed by atoms with Gasteiger partial charge in [-0.05, 0) is 48.7 Å². The van der Waals surface area contributed by atoms with Crippen molar-refractivity contribution >= 4 is 35.2 Å². The molecule has 1 atom stereocenters. The van der Waals surface area contributed by atoms with Gasteiger partial charge in [-0.2, -0.15) is 4.98 Å². The summed E-state index contributed by atoms with van der Waals surface area (Å²) in [5.41, 5.74) is 8.76. The van der Waals surface area contributed by atoms with Gasteiger partial charge in [0.2, 0.25) is 17.0 Å². The van der Waals surface area contributed by atoms with Crippen molar-refractivity contribution in [1.29, 1.82) is 0 Å². The number of nitrogens with zero attached hydrogens (tertiary/aromatic N) is 3. The minimum absolute atomic E-state index is 0.407. The Morgan fingerprint density at radius 2 is 2.06 bits per heavy atom. The van der Waals surface area contributed by atoms with E-state index in [0.29, 0.717) is 39.8 Å². The topological polar surface area (TPSA) is 95.1 Å². The van der Waals surface area contributed by atoms with E-state index in [0.717, 1.165) is 29.7 Å². The average molecular weight is 484 g/mol. The summed E-state index contributed by atoms with van der Waals surface area (Å²) in [6.07, 6.45) is 2.20. The van der Waals surface area contributed by atoms with E-state index in [1.54, 1.807) is 16.4 Å². The summed E-state index contributed by atoms with van der Waals surface area (Å²) in [6, 6.07) is 14.7. The Morgan fingerprint density at radius 1 is 1.27 bits per heavy atom. The first-order valence-electron chi connectivity index (χ1n) is 10.8. The largest absolute Gasteiger partial charge is 0.489 e. The Balaban J connectivity index is 1.58. The monoisotopic (exact) mass is 483 g/mol. The summed E-state index contributed by atoms with van der Waals surface area (Å²) in [6.45, 7) is 4.39. The maximum atomic E-state index is 12.4. The highest BCUT2D eigenvalue weighted by Gasteiger charge is 2.33. The van der Waals surface area contributed by atoms with Crippen molar-refractivity contribution in [3.8, 4) is 5.75 Å². The maximum Gasteiger partial charge on any atom is 0.248 e. The second-order valence-corrected chi connectivity index (χ2v) is 9.28. The molecule has 3 aromatic rings. The van der Waals surface area contributed by atoms with Gasteiger partial charge in [0.05, 0.1) is 5.57 Å². The molecule has 0 bridgehead atoms. The lowest BCUT2D eigenvalue weighted by Crippen LogP contribution is -2.31. The second kappa shape index (κ2) is 10.3. The van der Waals surface area contributed by atoms with Gasteiger partial charge < -0.3 is 15.8 Å². The predicted molar refractivity (Wildman–Crippen MR) is 132 cm³/mol. The van der Waals surface area contributed by atoms with Crippen LogP contribution in [0.5, 0.6) is 5.75 Å². The number of primary amides is 1. The fraction of sp³-hybridized carbons (Fsp3) is 0.292. The third kappa shape index (κ3) is 5.34. The molecule has 1 amide bonds. The SMILES string of the molecule is CCCCSc1nc2n(n1)C(c1ccc(OCc3cccc(Cl)c3)cc1)C(C(N)=O)=C(C)N2. The van der Waals surface area contributed by atoms with Crippen LogP contribution in [0.1, 0.15) is 43.9 Å². The number of fused-ring (bicyclic) bond motifs is 1. The zero-order valence-corrected chi connectivity index (χ0v) is 20.1. The lowest BCUT2D eigenvalue weighted by atomic mass is 9.95. The van der Waals surface area contributed by atoms with Crippen molar-refractivity contribution in [2.24, 2.45) is 5.73 Å². The first-order chi connectivity index (χ1) is 16.0. The molecule has 9 heteroatoms. The van der Waals surface area contributed by atoms with Gasteiger partial charge in [0.25, 0.3) is 0 Å². The summed E-state index contributed by atoms with van der Waals surface area (Å²) in [5.74, 6) is 1.76. The fourth-order valence-corrected chi connectivity index (χ4v) is 4.79. The van der Waals surface area contributed by atoms with Crippen LogP contribution in [0, 0.1) is 0 Å². The van der Waals surface area contributed by atoms with Crippen LogP contribution >= 0.6 is 23.4 Å². The Labute approximate surface area is 202 Å². The number of ether oxygens (including phenoxy) is 1. The average Bonchev–Trinajstić information content (AvgIpc) is 3.19. The number of carbonyl (C=O) groups is 1. The zero-order chi connectivity index (χ0) is 23.4. The maximum absolute atomic E-state index is 12.4. The van der Waals surface area contributed by atoms with Gasteiger partial charge in [0, 0.05) is 16.5 Å². The number of allylic oxidation sites excluding steroid dienone is 1. The molecule has 1 aliphatic heterocycles. The number of nitrogens with one attached hydrogen (secondary N) is 1. The van der Waals surface area contributed by atoms with Gasteiger partial charge in [-0.1, -0.05) is 61.0 Å². The number of nitrogens with two attached hydrogens (primary N) is 1. The zero-order valence-electron chi connectivity index (χ0n) is 18.5. The molecule has 33 heavy (non-hydrogen) atoms. The van der Waals surface area contributed by atoms with Crippen LogP contribution < -0.4 is 15.8 Å². The predicted octanol–water partition coefficient (Wildman–Crippen LogP) is 5.18. The molecule has 1 unspecified atom stereocenters. The number of benzene rings is 2.